The van der Waals surface area contributed by atoms with Crippen LogP contribution in [0.15, 0.2) is 65.2 Å². The Bertz CT molecular complexity index is 1600. The zero-order valence-corrected chi connectivity index (χ0v) is 22.1. The summed E-state index contributed by atoms with van der Waals surface area (Å²) in [6.07, 6.45) is -1.35. The second kappa shape index (κ2) is 11.6. The number of rotatable bonds is 6. The highest BCUT2D eigenvalue weighted by molar-refractivity contribution is 6.33. The first-order valence-corrected chi connectivity index (χ1v) is 13.0. The Labute approximate surface area is 237 Å². The monoisotopic (exact) mass is 584 g/mol. The molecule has 1 unspecified atom stereocenters. The molecule has 2 aromatic carbocycles. The maximum absolute atomic E-state index is 13.1. The number of nitrogens with two attached hydrogens (primary N) is 1. The lowest BCUT2D eigenvalue weighted by Gasteiger charge is -2.23. The van der Waals surface area contributed by atoms with E-state index in [0.717, 1.165) is 37.6 Å². The molecule has 4 aromatic rings. The highest BCUT2D eigenvalue weighted by atomic mass is 35.5. The smallest absolute Gasteiger partial charge is 0.416 e. The summed E-state index contributed by atoms with van der Waals surface area (Å²) in [4.78, 5) is 34.2. The third-order valence-corrected chi connectivity index (χ3v) is 6.78. The summed E-state index contributed by atoms with van der Waals surface area (Å²) >= 11 is 6.09. The van der Waals surface area contributed by atoms with Gasteiger partial charge in [-0.15, -0.1) is 0 Å². The van der Waals surface area contributed by atoms with Crippen LogP contribution in [0.4, 0.5) is 24.7 Å². The van der Waals surface area contributed by atoms with Crippen LogP contribution in [0.2, 0.25) is 5.02 Å². The molecule has 41 heavy (non-hydrogen) atoms. The Kier molecular flexibility index (Phi) is 7.95. The molecular formula is C28H24ClF3N6O3. The average molecular weight is 585 g/mol. The minimum Gasteiger partial charge on any atom is -0.451 e. The van der Waals surface area contributed by atoms with E-state index in [9.17, 15) is 22.8 Å². The van der Waals surface area contributed by atoms with E-state index in [-0.39, 0.29) is 39.7 Å². The largest absolute Gasteiger partial charge is 0.451 e. The van der Waals surface area contributed by atoms with E-state index < -0.39 is 23.6 Å². The molecule has 13 heteroatoms. The summed E-state index contributed by atoms with van der Waals surface area (Å²) in [6, 6.07) is 12.2. The van der Waals surface area contributed by atoms with Crippen molar-refractivity contribution in [3.8, 4) is 22.6 Å². The predicted octanol–water partition coefficient (Wildman–Crippen LogP) is 5.39. The summed E-state index contributed by atoms with van der Waals surface area (Å²) < 4.78 is 45.0. The molecule has 0 radical (unpaired) electrons. The van der Waals surface area contributed by atoms with Crippen molar-refractivity contribution in [1.82, 2.24) is 20.6 Å². The number of alkyl halides is 3. The number of aromatic nitrogens is 2. The van der Waals surface area contributed by atoms with Crippen LogP contribution in [0.5, 0.6) is 0 Å². The van der Waals surface area contributed by atoms with Gasteiger partial charge in [0.1, 0.15) is 5.76 Å². The molecule has 1 fully saturated rings. The molecule has 5 rings (SSSR count). The van der Waals surface area contributed by atoms with Crippen molar-refractivity contribution in [2.75, 3.05) is 24.1 Å². The number of carbonyl (C=O) groups excluding carboxylic acids is 2. The van der Waals surface area contributed by atoms with Gasteiger partial charge >= 0.3 is 6.18 Å². The zero-order valence-electron chi connectivity index (χ0n) is 21.4. The highest BCUT2D eigenvalue weighted by Gasteiger charge is 2.31. The number of nitrogens with one attached hydrogen (secondary N) is 3. The second-order valence-corrected chi connectivity index (χ2v) is 9.80. The average Bonchev–Trinajstić information content (AvgIpc) is 3.44. The molecule has 2 amide bonds. The molecule has 0 spiro atoms. The first-order valence-electron chi connectivity index (χ1n) is 12.6. The molecule has 0 aliphatic carbocycles. The van der Waals surface area contributed by atoms with E-state index in [4.69, 9.17) is 21.8 Å². The number of benzene rings is 2. The Morgan fingerprint density at radius 3 is 2.68 bits per heavy atom. The van der Waals surface area contributed by atoms with Gasteiger partial charge < -0.3 is 26.1 Å². The van der Waals surface area contributed by atoms with Crippen molar-refractivity contribution < 1.29 is 27.2 Å². The topological polar surface area (TPSA) is 135 Å². The number of hydrogen-bond acceptors (Lipinski definition) is 7. The van der Waals surface area contributed by atoms with Crippen molar-refractivity contribution in [2.45, 2.75) is 25.1 Å². The molecule has 1 aliphatic rings. The molecule has 9 nitrogen and oxygen atoms in total. The number of amides is 2. The van der Waals surface area contributed by atoms with Gasteiger partial charge in [0.15, 0.2) is 17.3 Å². The van der Waals surface area contributed by atoms with Crippen LogP contribution in [0.1, 0.15) is 39.4 Å². The van der Waals surface area contributed by atoms with Crippen LogP contribution >= 0.6 is 11.6 Å². The standard InChI is InChI=1S/C28H24ClF3N6O3/c29-20-7-6-16(28(30,31)32)12-19(20)22-8-9-23(41-22)26(39)36-17-4-1-3-15(11-17)21-14-35-25(33)24(38-21)27(40)37-18-5-2-10-34-13-18/h1,3-4,6-9,11-12,14,18,34H,2,5,10,13H2,(H2,33,35)(H,36,39)(H,37,40). The van der Waals surface area contributed by atoms with Gasteiger partial charge in [0.2, 0.25) is 0 Å². The minimum absolute atomic E-state index is 0.00104. The molecule has 2 aromatic heterocycles. The van der Waals surface area contributed by atoms with Crippen molar-refractivity contribution in [3.05, 3.63) is 82.8 Å². The van der Waals surface area contributed by atoms with Crippen LogP contribution in [-0.4, -0.2) is 40.9 Å². The van der Waals surface area contributed by atoms with Gasteiger partial charge in [-0.25, -0.2) is 9.97 Å². The van der Waals surface area contributed by atoms with Crippen LogP contribution < -0.4 is 21.7 Å². The highest BCUT2D eigenvalue weighted by Crippen LogP contribution is 2.36. The van der Waals surface area contributed by atoms with Gasteiger partial charge in [-0.05, 0) is 61.9 Å². The summed E-state index contributed by atoms with van der Waals surface area (Å²) in [6.45, 7) is 1.56. The summed E-state index contributed by atoms with van der Waals surface area (Å²) in [7, 11) is 0. The van der Waals surface area contributed by atoms with Gasteiger partial charge in [-0.2, -0.15) is 13.2 Å². The number of nitrogens with zero attached hydrogens (tertiary/aromatic N) is 2. The normalized spacial score (nSPS) is 15.4. The second-order valence-electron chi connectivity index (χ2n) is 9.40. The van der Waals surface area contributed by atoms with Gasteiger partial charge in [-0.1, -0.05) is 23.7 Å². The Morgan fingerprint density at radius 1 is 1.10 bits per heavy atom. The van der Waals surface area contributed by atoms with Crippen LogP contribution in [0.25, 0.3) is 22.6 Å². The van der Waals surface area contributed by atoms with Crippen molar-refractivity contribution in [1.29, 1.82) is 0 Å². The fraction of sp³-hybridized carbons (Fsp3) is 0.214. The van der Waals surface area contributed by atoms with Crippen molar-refractivity contribution in [2.24, 2.45) is 0 Å². The van der Waals surface area contributed by atoms with E-state index in [1.807, 2.05) is 0 Å². The lowest BCUT2D eigenvalue weighted by Crippen LogP contribution is -2.46. The van der Waals surface area contributed by atoms with E-state index in [1.165, 1.54) is 18.3 Å². The first-order chi connectivity index (χ1) is 19.6. The predicted molar refractivity (Wildman–Crippen MR) is 147 cm³/mol. The summed E-state index contributed by atoms with van der Waals surface area (Å²) in [5.41, 5.74) is 6.34. The van der Waals surface area contributed by atoms with E-state index in [2.05, 4.69) is 25.9 Å². The van der Waals surface area contributed by atoms with E-state index >= 15 is 0 Å². The van der Waals surface area contributed by atoms with Gasteiger partial charge in [0.25, 0.3) is 11.8 Å². The zero-order chi connectivity index (χ0) is 29.1. The molecule has 5 N–H and O–H groups in total. The number of piperidine rings is 1. The van der Waals surface area contributed by atoms with Crippen LogP contribution in [-0.2, 0) is 6.18 Å². The number of anilines is 2. The molecule has 0 saturated carbocycles. The molecule has 0 bridgehead atoms. The molecule has 212 valence electrons. The van der Waals surface area contributed by atoms with Gasteiger partial charge in [0, 0.05) is 29.4 Å². The van der Waals surface area contributed by atoms with E-state index in [1.54, 1.807) is 24.3 Å². The number of carbonyl (C=O) groups is 2. The lowest BCUT2D eigenvalue weighted by molar-refractivity contribution is -0.137. The number of nitrogen functional groups attached to an aromatic ring is 1. The van der Waals surface area contributed by atoms with Crippen LogP contribution in [0, 0.1) is 0 Å². The summed E-state index contributed by atoms with van der Waals surface area (Å²) in [5, 5.41) is 8.87. The summed E-state index contributed by atoms with van der Waals surface area (Å²) in [5.74, 6) is -1.20. The Morgan fingerprint density at radius 2 is 1.93 bits per heavy atom. The maximum Gasteiger partial charge on any atom is 0.416 e. The fourth-order valence-corrected chi connectivity index (χ4v) is 4.59. The minimum atomic E-state index is -4.57. The molecular weight excluding hydrogens is 561 g/mol. The van der Waals surface area contributed by atoms with Gasteiger partial charge in [-0.3, -0.25) is 9.59 Å². The third kappa shape index (κ3) is 6.50. The quantitative estimate of drug-likeness (QED) is 0.238. The number of halogens is 4. The molecule has 1 aliphatic heterocycles. The molecule has 1 atom stereocenters. The third-order valence-electron chi connectivity index (χ3n) is 6.45. The SMILES string of the molecule is Nc1ncc(-c2cccc(NC(=O)c3ccc(-c4cc(C(F)(F)F)ccc4Cl)o3)c2)nc1C(=O)NC1CCCNC1. The number of furan rings is 1. The van der Waals surface area contributed by atoms with Gasteiger partial charge in [0.05, 0.1) is 22.5 Å². The van der Waals surface area contributed by atoms with Crippen LogP contribution in [0.3, 0.4) is 0 Å². The first kappa shape index (κ1) is 28.1. The molecule has 3 heterocycles. The maximum atomic E-state index is 13.1. The van der Waals surface area contributed by atoms with Crippen molar-refractivity contribution >= 4 is 34.9 Å². The van der Waals surface area contributed by atoms with E-state index in [0.29, 0.717) is 23.5 Å². The fourth-order valence-electron chi connectivity index (χ4n) is 4.38. The number of hydrogen-bond donors (Lipinski definition) is 4. The Balaban J connectivity index is 1.32. The Hall–Kier alpha value is -4.42. The van der Waals surface area contributed by atoms with Crippen molar-refractivity contribution in [3.63, 3.8) is 0 Å². The molecule has 1 saturated heterocycles. The lowest BCUT2D eigenvalue weighted by atomic mass is 10.1.